The smallest absolute Gasteiger partial charge is 0.242 e. The third kappa shape index (κ3) is 6.17. The molecule has 2 aromatic rings. The van der Waals surface area contributed by atoms with Crippen LogP contribution in [0.4, 0.5) is 4.39 Å². The van der Waals surface area contributed by atoms with E-state index in [1.165, 1.54) is 12.1 Å². The predicted molar refractivity (Wildman–Crippen MR) is 107 cm³/mol. The summed E-state index contributed by atoms with van der Waals surface area (Å²) in [5, 5.41) is 1.97. The Kier molecular flexibility index (Phi) is 7.98. The van der Waals surface area contributed by atoms with E-state index >= 15 is 0 Å². The highest BCUT2D eigenvalue weighted by Crippen LogP contribution is 2.16. The van der Waals surface area contributed by atoms with Crippen molar-refractivity contribution in [3.8, 4) is 0 Å². The Morgan fingerprint density at radius 2 is 1.78 bits per heavy atom. The molecule has 0 radical (unpaired) electrons. The lowest BCUT2D eigenvalue weighted by Crippen LogP contribution is -2.46. The van der Waals surface area contributed by atoms with Crippen molar-refractivity contribution < 1.29 is 14.0 Å². The van der Waals surface area contributed by atoms with Crippen LogP contribution >= 0.6 is 11.3 Å². The number of carbonyl (C=O) groups is 2. The third-order valence-electron chi connectivity index (χ3n) is 4.62. The van der Waals surface area contributed by atoms with Gasteiger partial charge in [0.2, 0.25) is 11.8 Å². The minimum Gasteiger partial charge on any atom is -0.332 e. The molecule has 0 aliphatic heterocycles. The lowest BCUT2D eigenvalue weighted by molar-refractivity contribution is -0.142. The molecular weight excluding hydrogens is 363 g/mol. The van der Waals surface area contributed by atoms with Crippen LogP contribution in [0.5, 0.6) is 0 Å². The van der Waals surface area contributed by atoms with Crippen LogP contribution in [0.1, 0.15) is 44.1 Å². The maximum absolute atomic E-state index is 13.2. The van der Waals surface area contributed by atoms with Crippen molar-refractivity contribution in [2.45, 2.75) is 52.7 Å². The Labute approximate surface area is 164 Å². The van der Waals surface area contributed by atoms with Gasteiger partial charge >= 0.3 is 0 Å². The first-order valence-electron chi connectivity index (χ1n) is 9.28. The van der Waals surface area contributed by atoms with Gasteiger partial charge in [0.15, 0.2) is 0 Å². The van der Waals surface area contributed by atoms with Crippen LogP contribution in [0.2, 0.25) is 0 Å². The van der Waals surface area contributed by atoms with Crippen LogP contribution in [-0.4, -0.2) is 34.2 Å². The molecule has 0 spiro atoms. The quantitative estimate of drug-likeness (QED) is 0.635. The summed E-state index contributed by atoms with van der Waals surface area (Å²) in [7, 11) is 0. The molecule has 1 unspecified atom stereocenters. The van der Waals surface area contributed by atoms with Crippen LogP contribution in [-0.2, 0) is 22.7 Å². The third-order valence-corrected chi connectivity index (χ3v) is 5.48. The molecule has 4 nitrogen and oxygen atoms in total. The van der Waals surface area contributed by atoms with Gasteiger partial charge in [-0.1, -0.05) is 32.0 Å². The Morgan fingerprint density at radius 1 is 1.07 bits per heavy atom. The van der Waals surface area contributed by atoms with E-state index in [4.69, 9.17) is 0 Å². The van der Waals surface area contributed by atoms with E-state index in [0.29, 0.717) is 19.5 Å². The molecule has 0 saturated heterocycles. The highest BCUT2D eigenvalue weighted by molar-refractivity contribution is 7.09. The van der Waals surface area contributed by atoms with E-state index in [1.54, 1.807) is 33.3 Å². The van der Waals surface area contributed by atoms with Crippen LogP contribution in [0.15, 0.2) is 41.8 Å². The normalized spacial score (nSPS) is 11.9. The second kappa shape index (κ2) is 10.2. The topological polar surface area (TPSA) is 40.6 Å². The standard InChI is InChI=1S/C21H27FN2O2S/c1-4-16(3)24(20(25)5-2)15-21(26)23(14-19-7-6-12-27-19)13-17-8-10-18(22)11-9-17/h6-12,16H,4-5,13-15H2,1-3H3. The number of amides is 2. The molecule has 0 N–H and O–H groups in total. The van der Waals surface area contributed by atoms with Crippen molar-refractivity contribution in [3.63, 3.8) is 0 Å². The molecule has 0 saturated carbocycles. The summed E-state index contributed by atoms with van der Waals surface area (Å²) in [4.78, 5) is 29.8. The molecule has 1 aromatic heterocycles. The minimum absolute atomic E-state index is 0.0100. The van der Waals surface area contributed by atoms with Gasteiger partial charge in [0.1, 0.15) is 12.4 Å². The van der Waals surface area contributed by atoms with E-state index in [9.17, 15) is 14.0 Å². The van der Waals surface area contributed by atoms with Crippen LogP contribution in [0.3, 0.4) is 0 Å². The van der Waals surface area contributed by atoms with E-state index in [2.05, 4.69) is 0 Å². The predicted octanol–water partition coefficient (Wildman–Crippen LogP) is 4.45. The fourth-order valence-corrected chi connectivity index (χ4v) is 3.51. The van der Waals surface area contributed by atoms with Crippen molar-refractivity contribution in [3.05, 3.63) is 58.0 Å². The molecule has 2 amide bonds. The summed E-state index contributed by atoms with van der Waals surface area (Å²) in [6.07, 6.45) is 1.17. The summed E-state index contributed by atoms with van der Waals surface area (Å²) in [5.41, 5.74) is 0.859. The van der Waals surface area contributed by atoms with Crippen molar-refractivity contribution in [1.29, 1.82) is 0 Å². The number of thiophene rings is 1. The van der Waals surface area contributed by atoms with Gasteiger partial charge in [0, 0.05) is 23.9 Å². The van der Waals surface area contributed by atoms with Crippen LogP contribution in [0, 0.1) is 5.82 Å². The van der Waals surface area contributed by atoms with Crippen LogP contribution < -0.4 is 0 Å². The SMILES string of the molecule is CCC(=O)N(CC(=O)N(Cc1ccc(F)cc1)Cc1cccs1)C(C)CC. The molecule has 0 aliphatic carbocycles. The average molecular weight is 391 g/mol. The summed E-state index contributed by atoms with van der Waals surface area (Å²) in [6.45, 7) is 6.70. The number of carbonyl (C=O) groups excluding carboxylic acids is 2. The van der Waals surface area contributed by atoms with E-state index in [0.717, 1.165) is 16.9 Å². The first-order valence-corrected chi connectivity index (χ1v) is 10.2. The van der Waals surface area contributed by atoms with Crippen LogP contribution in [0.25, 0.3) is 0 Å². The molecule has 146 valence electrons. The molecule has 1 aromatic carbocycles. The van der Waals surface area contributed by atoms with Crippen molar-refractivity contribution in [2.75, 3.05) is 6.54 Å². The second-order valence-corrected chi connectivity index (χ2v) is 7.62. The molecule has 6 heteroatoms. The molecular formula is C21H27FN2O2S. The molecule has 0 bridgehead atoms. The Bertz CT molecular complexity index is 731. The summed E-state index contributed by atoms with van der Waals surface area (Å²) < 4.78 is 13.2. The second-order valence-electron chi connectivity index (χ2n) is 6.59. The van der Waals surface area contributed by atoms with Crippen molar-refractivity contribution in [1.82, 2.24) is 9.80 Å². The lowest BCUT2D eigenvalue weighted by Gasteiger charge is -2.31. The zero-order chi connectivity index (χ0) is 19.8. The maximum atomic E-state index is 13.2. The summed E-state index contributed by atoms with van der Waals surface area (Å²) >= 11 is 1.59. The zero-order valence-corrected chi connectivity index (χ0v) is 17.0. The van der Waals surface area contributed by atoms with Gasteiger partial charge in [-0.25, -0.2) is 4.39 Å². The average Bonchev–Trinajstić information content (AvgIpc) is 3.19. The monoisotopic (exact) mass is 390 g/mol. The highest BCUT2D eigenvalue weighted by atomic mass is 32.1. The Balaban J connectivity index is 2.18. The molecule has 1 atom stereocenters. The fourth-order valence-electron chi connectivity index (χ4n) is 2.79. The van der Waals surface area contributed by atoms with Gasteiger partial charge in [-0.05, 0) is 42.5 Å². The lowest BCUT2D eigenvalue weighted by atomic mass is 10.2. The molecule has 0 aliphatic rings. The van der Waals surface area contributed by atoms with Crippen molar-refractivity contribution >= 4 is 23.2 Å². The van der Waals surface area contributed by atoms with Crippen molar-refractivity contribution in [2.24, 2.45) is 0 Å². The van der Waals surface area contributed by atoms with Gasteiger partial charge in [-0.2, -0.15) is 0 Å². The van der Waals surface area contributed by atoms with E-state index in [1.807, 2.05) is 38.3 Å². The number of rotatable bonds is 9. The van der Waals surface area contributed by atoms with Gasteiger partial charge in [0.25, 0.3) is 0 Å². The molecule has 27 heavy (non-hydrogen) atoms. The van der Waals surface area contributed by atoms with E-state index in [-0.39, 0.29) is 30.2 Å². The number of benzene rings is 1. The number of halogens is 1. The van der Waals surface area contributed by atoms with Gasteiger partial charge in [0.05, 0.1) is 6.54 Å². The highest BCUT2D eigenvalue weighted by Gasteiger charge is 2.24. The van der Waals surface area contributed by atoms with Gasteiger partial charge < -0.3 is 9.80 Å². The first-order chi connectivity index (χ1) is 12.9. The number of nitrogens with zero attached hydrogens (tertiary/aromatic N) is 2. The zero-order valence-electron chi connectivity index (χ0n) is 16.2. The largest absolute Gasteiger partial charge is 0.332 e. The Hall–Kier alpha value is -2.21. The Morgan fingerprint density at radius 3 is 2.33 bits per heavy atom. The molecule has 0 fully saturated rings. The maximum Gasteiger partial charge on any atom is 0.242 e. The molecule has 1 heterocycles. The fraction of sp³-hybridized carbons (Fsp3) is 0.429. The van der Waals surface area contributed by atoms with Gasteiger partial charge in [-0.3, -0.25) is 9.59 Å². The first kappa shape index (κ1) is 21.1. The number of hydrogen-bond acceptors (Lipinski definition) is 3. The summed E-state index contributed by atoms with van der Waals surface area (Å²) in [5.74, 6) is -0.420. The molecule has 2 rings (SSSR count). The van der Waals surface area contributed by atoms with Gasteiger partial charge in [-0.15, -0.1) is 11.3 Å². The number of hydrogen-bond donors (Lipinski definition) is 0. The minimum atomic E-state index is -0.300. The summed E-state index contributed by atoms with van der Waals surface area (Å²) in [6, 6.07) is 10.1. The van der Waals surface area contributed by atoms with E-state index < -0.39 is 0 Å².